The van der Waals surface area contributed by atoms with Crippen LogP contribution in [0.15, 0.2) is 16.3 Å². The maximum atomic E-state index is 9.00. The summed E-state index contributed by atoms with van der Waals surface area (Å²) in [7, 11) is 0. The lowest BCUT2D eigenvalue weighted by atomic mass is 9.91. The van der Waals surface area contributed by atoms with E-state index in [2.05, 4.69) is 13.0 Å². The van der Waals surface area contributed by atoms with Crippen molar-refractivity contribution in [1.29, 1.82) is 0 Å². The Morgan fingerprint density at radius 1 is 1.47 bits per heavy atom. The minimum atomic E-state index is 0.187. The number of hydrogen-bond donors (Lipinski definition) is 1. The van der Waals surface area contributed by atoms with Gasteiger partial charge in [-0.05, 0) is 30.9 Å². The summed E-state index contributed by atoms with van der Waals surface area (Å²) in [6.45, 7) is 2.55. The Morgan fingerprint density at radius 2 is 2.33 bits per heavy atom. The van der Waals surface area contributed by atoms with Crippen LogP contribution in [0.4, 0.5) is 0 Å². The van der Waals surface area contributed by atoms with Crippen molar-refractivity contribution in [2.24, 2.45) is 5.92 Å². The lowest BCUT2D eigenvalue weighted by molar-refractivity contribution is 0.285. The van der Waals surface area contributed by atoms with Crippen molar-refractivity contribution in [2.45, 2.75) is 48.7 Å². The molecule has 1 aliphatic carbocycles. The Balaban J connectivity index is 1.90. The molecule has 0 amide bonds. The van der Waals surface area contributed by atoms with Crippen LogP contribution in [0.3, 0.4) is 0 Å². The minimum Gasteiger partial charge on any atom is -0.391 e. The molecule has 0 saturated heterocycles. The predicted octanol–water partition coefficient (Wildman–Crippen LogP) is 3.91. The molecule has 2 unspecified atom stereocenters. The van der Waals surface area contributed by atoms with Gasteiger partial charge in [-0.1, -0.05) is 19.8 Å². The van der Waals surface area contributed by atoms with E-state index in [0.717, 1.165) is 16.0 Å². The van der Waals surface area contributed by atoms with Gasteiger partial charge in [-0.2, -0.15) is 0 Å². The van der Waals surface area contributed by atoms with E-state index < -0.39 is 0 Å². The summed E-state index contributed by atoms with van der Waals surface area (Å²) in [4.78, 5) is 1.08. The molecule has 1 aromatic heterocycles. The topological polar surface area (TPSA) is 20.2 Å². The lowest BCUT2D eigenvalue weighted by Crippen LogP contribution is -2.14. The van der Waals surface area contributed by atoms with Crippen LogP contribution in [-0.2, 0) is 6.61 Å². The first-order valence-corrected chi connectivity index (χ1v) is 7.34. The second kappa shape index (κ2) is 5.37. The molecule has 2 atom stereocenters. The van der Waals surface area contributed by atoms with Crippen molar-refractivity contribution in [3.05, 3.63) is 17.0 Å². The van der Waals surface area contributed by atoms with Crippen LogP contribution in [0.2, 0.25) is 0 Å². The number of thiophene rings is 1. The summed E-state index contributed by atoms with van der Waals surface area (Å²) < 4.78 is 1.37. The average molecular weight is 242 g/mol. The molecule has 15 heavy (non-hydrogen) atoms. The standard InChI is InChI=1S/C12H18OS2/c1-9-3-2-4-10(7-9)14-12-6-5-11(8-13)15-12/h5-6,9-10,13H,2-4,7-8H2,1H3. The summed E-state index contributed by atoms with van der Waals surface area (Å²) >= 11 is 3.75. The molecule has 1 saturated carbocycles. The third kappa shape index (κ3) is 3.23. The van der Waals surface area contributed by atoms with E-state index in [1.807, 2.05) is 17.8 Å². The summed E-state index contributed by atoms with van der Waals surface area (Å²) in [5.41, 5.74) is 0. The van der Waals surface area contributed by atoms with Crippen LogP contribution >= 0.6 is 23.1 Å². The van der Waals surface area contributed by atoms with Gasteiger partial charge in [0.15, 0.2) is 0 Å². The third-order valence-corrected chi connectivity index (χ3v) is 5.50. The van der Waals surface area contributed by atoms with E-state index in [0.29, 0.717) is 0 Å². The van der Waals surface area contributed by atoms with Crippen molar-refractivity contribution >= 4 is 23.1 Å². The third-order valence-electron chi connectivity index (χ3n) is 2.96. The zero-order valence-corrected chi connectivity index (χ0v) is 10.7. The van der Waals surface area contributed by atoms with Crippen molar-refractivity contribution in [3.63, 3.8) is 0 Å². The van der Waals surface area contributed by atoms with Gasteiger partial charge < -0.3 is 5.11 Å². The molecule has 84 valence electrons. The first kappa shape index (κ1) is 11.5. The van der Waals surface area contributed by atoms with Crippen molar-refractivity contribution in [3.8, 4) is 0 Å². The summed E-state index contributed by atoms with van der Waals surface area (Å²) in [6, 6.07) is 4.19. The SMILES string of the molecule is CC1CCCC(Sc2ccc(CO)s2)C1. The Hall–Kier alpha value is 0.01000. The van der Waals surface area contributed by atoms with E-state index in [-0.39, 0.29) is 6.61 Å². The van der Waals surface area contributed by atoms with E-state index in [4.69, 9.17) is 5.11 Å². The summed E-state index contributed by atoms with van der Waals surface area (Å²) in [5, 5.41) is 9.80. The smallest absolute Gasteiger partial charge is 0.0774 e. The zero-order valence-electron chi connectivity index (χ0n) is 9.11. The van der Waals surface area contributed by atoms with Gasteiger partial charge in [-0.3, -0.25) is 0 Å². The molecule has 3 heteroatoms. The van der Waals surface area contributed by atoms with Crippen LogP contribution < -0.4 is 0 Å². The molecular weight excluding hydrogens is 224 g/mol. The van der Waals surface area contributed by atoms with Gasteiger partial charge in [0.2, 0.25) is 0 Å². The van der Waals surface area contributed by atoms with Crippen LogP contribution in [-0.4, -0.2) is 10.4 Å². The van der Waals surface area contributed by atoms with Gasteiger partial charge in [-0.15, -0.1) is 23.1 Å². The first-order chi connectivity index (χ1) is 7.28. The van der Waals surface area contributed by atoms with Gasteiger partial charge in [-0.25, -0.2) is 0 Å². The molecule has 0 spiro atoms. The highest BCUT2D eigenvalue weighted by Gasteiger charge is 2.20. The molecule has 1 nitrogen and oxygen atoms in total. The van der Waals surface area contributed by atoms with Crippen molar-refractivity contribution < 1.29 is 5.11 Å². The van der Waals surface area contributed by atoms with E-state index in [1.165, 1.54) is 29.9 Å². The fourth-order valence-corrected chi connectivity index (χ4v) is 4.86. The molecule has 0 aliphatic heterocycles. The fourth-order valence-electron chi connectivity index (χ4n) is 2.16. The van der Waals surface area contributed by atoms with Crippen LogP contribution in [0.25, 0.3) is 0 Å². The molecule has 0 bridgehead atoms. The van der Waals surface area contributed by atoms with E-state index >= 15 is 0 Å². The highest BCUT2D eigenvalue weighted by molar-refractivity contribution is 8.01. The van der Waals surface area contributed by atoms with Gasteiger partial charge in [0.05, 0.1) is 10.8 Å². The zero-order chi connectivity index (χ0) is 10.7. The Bertz CT molecular complexity index is 308. The first-order valence-electron chi connectivity index (χ1n) is 5.64. The largest absolute Gasteiger partial charge is 0.391 e. The van der Waals surface area contributed by atoms with E-state index in [1.54, 1.807) is 11.3 Å². The molecule has 1 aliphatic rings. The Labute approximate surface area is 99.9 Å². The van der Waals surface area contributed by atoms with Gasteiger partial charge in [0, 0.05) is 10.1 Å². The highest BCUT2D eigenvalue weighted by atomic mass is 32.2. The van der Waals surface area contributed by atoms with Gasteiger partial charge >= 0.3 is 0 Å². The minimum absolute atomic E-state index is 0.187. The molecule has 0 radical (unpaired) electrons. The number of thioether (sulfide) groups is 1. The van der Waals surface area contributed by atoms with Gasteiger partial charge in [0.1, 0.15) is 0 Å². The molecule has 2 rings (SSSR count). The molecule has 1 N–H and O–H groups in total. The number of aliphatic hydroxyl groups excluding tert-OH is 1. The molecule has 1 fully saturated rings. The maximum absolute atomic E-state index is 9.00. The molecular formula is C12H18OS2. The van der Waals surface area contributed by atoms with E-state index in [9.17, 15) is 0 Å². The van der Waals surface area contributed by atoms with Crippen molar-refractivity contribution in [2.75, 3.05) is 0 Å². The second-order valence-corrected chi connectivity index (χ2v) is 7.16. The number of aliphatic hydroxyl groups is 1. The van der Waals surface area contributed by atoms with Crippen LogP contribution in [0.1, 0.15) is 37.5 Å². The predicted molar refractivity (Wildman–Crippen MR) is 67.5 cm³/mol. The summed E-state index contributed by atoms with van der Waals surface area (Å²) in [6.07, 6.45) is 5.51. The Kier molecular flexibility index (Phi) is 4.12. The van der Waals surface area contributed by atoms with Crippen LogP contribution in [0, 0.1) is 5.92 Å². The number of hydrogen-bond acceptors (Lipinski definition) is 3. The molecule has 0 aromatic carbocycles. The quantitative estimate of drug-likeness (QED) is 0.867. The van der Waals surface area contributed by atoms with Crippen molar-refractivity contribution in [1.82, 2.24) is 0 Å². The maximum Gasteiger partial charge on any atom is 0.0774 e. The second-order valence-electron chi connectivity index (χ2n) is 4.39. The highest BCUT2D eigenvalue weighted by Crippen LogP contribution is 2.38. The fraction of sp³-hybridized carbons (Fsp3) is 0.667. The number of rotatable bonds is 3. The Morgan fingerprint density at radius 3 is 3.00 bits per heavy atom. The molecule has 1 aromatic rings. The molecule has 1 heterocycles. The van der Waals surface area contributed by atoms with Gasteiger partial charge in [0.25, 0.3) is 0 Å². The monoisotopic (exact) mass is 242 g/mol. The normalized spacial score (nSPS) is 26.8. The average Bonchev–Trinajstić information content (AvgIpc) is 2.65. The van der Waals surface area contributed by atoms with Crippen LogP contribution in [0.5, 0.6) is 0 Å². The lowest BCUT2D eigenvalue weighted by Gasteiger charge is -2.25. The summed E-state index contributed by atoms with van der Waals surface area (Å²) in [5.74, 6) is 0.897.